The molecule has 3 aromatic heterocycles. The standard InChI is InChI=1S/C19H15F3N6O/c1-10-3-5-13(19(20,21)22)12(7-10)14-8-11-4-6-15(26-16(11)25-14)27-18(29)17-23-9-24-28(17)2/h3-9H,1-2H3,(H2,25,26,27,29). The maximum absolute atomic E-state index is 13.4. The first-order chi connectivity index (χ1) is 13.7. The number of anilines is 1. The van der Waals surface area contributed by atoms with Crippen molar-refractivity contribution in [3.8, 4) is 11.3 Å². The molecular formula is C19H15F3N6O. The number of nitrogens with one attached hydrogen (secondary N) is 2. The molecule has 7 nitrogen and oxygen atoms in total. The van der Waals surface area contributed by atoms with Gasteiger partial charge in [0, 0.05) is 23.7 Å². The molecule has 1 amide bonds. The number of amides is 1. The zero-order valence-corrected chi connectivity index (χ0v) is 15.4. The Morgan fingerprint density at radius 3 is 2.66 bits per heavy atom. The van der Waals surface area contributed by atoms with Crippen LogP contribution >= 0.6 is 0 Å². The van der Waals surface area contributed by atoms with Crippen LogP contribution in [0.4, 0.5) is 19.0 Å². The van der Waals surface area contributed by atoms with Gasteiger partial charge in [0.25, 0.3) is 5.91 Å². The number of hydrogen-bond donors (Lipinski definition) is 2. The molecule has 0 bridgehead atoms. The molecule has 2 N–H and O–H groups in total. The molecule has 29 heavy (non-hydrogen) atoms. The van der Waals surface area contributed by atoms with Gasteiger partial charge in [0.1, 0.15) is 17.8 Å². The Kier molecular flexibility index (Phi) is 4.33. The SMILES string of the molecule is Cc1ccc(C(F)(F)F)c(-c2cc3ccc(NC(=O)c4ncnn4C)nc3[nH]2)c1. The van der Waals surface area contributed by atoms with Crippen LogP contribution < -0.4 is 5.32 Å². The summed E-state index contributed by atoms with van der Waals surface area (Å²) in [6, 6.07) is 8.79. The Balaban J connectivity index is 1.71. The highest BCUT2D eigenvalue weighted by Gasteiger charge is 2.34. The van der Waals surface area contributed by atoms with Gasteiger partial charge in [-0.2, -0.15) is 18.3 Å². The van der Waals surface area contributed by atoms with Crippen molar-refractivity contribution in [1.29, 1.82) is 0 Å². The minimum absolute atomic E-state index is 0.0418. The first-order valence-corrected chi connectivity index (χ1v) is 8.56. The van der Waals surface area contributed by atoms with Crippen molar-refractivity contribution in [2.24, 2.45) is 7.05 Å². The van der Waals surface area contributed by atoms with Crippen LogP contribution in [0.1, 0.15) is 21.7 Å². The highest BCUT2D eigenvalue weighted by molar-refractivity contribution is 6.01. The summed E-state index contributed by atoms with van der Waals surface area (Å²) in [6.45, 7) is 1.73. The second-order valence-corrected chi connectivity index (χ2v) is 6.53. The highest BCUT2D eigenvalue weighted by atomic mass is 19.4. The van der Waals surface area contributed by atoms with Crippen molar-refractivity contribution in [2.45, 2.75) is 13.1 Å². The van der Waals surface area contributed by atoms with Gasteiger partial charge in [-0.15, -0.1) is 0 Å². The molecule has 0 saturated heterocycles. The van der Waals surface area contributed by atoms with E-state index in [9.17, 15) is 18.0 Å². The number of alkyl halides is 3. The number of pyridine rings is 1. The van der Waals surface area contributed by atoms with Crippen LogP contribution in [0.15, 0.2) is 42.7 Å². The molecule has 1 aromatic carbocycles. The van der Waals surface area contributed by atoms with Crippen molar-refractivity contribution < 1.29 is 18.0 Å². The van der Waals surface area contributed by atoms with Crippen molar-refractivity contribution in [3.63, 3.8) is 0 Å². The number of fused-ring (bicyclic) bond motifs is 1. The number of hydrogen-bond acceptors (Lipinski definition) is 4. The van der Waals surface area contributed by atoms with E-state index < -0.39 is 17.6 Å². The van der Waals surface area contributed by atoms with E-state index in [1.54, 1.807) is 32.2 Å². The lowest BCUT2D eigenvalue weighted by atomic mass is 10.0. The van der Waals surface area contributed by atoms with Gasteiger partial charge in [0.2, 0.25) is 5.82 Å². The Hall–Kier alpha value is -3.69. The predicted octanol–water partition coefficient (Wildman–Crippen LogP) is 3.94. The summed E-state index contributed by atoms with van der Waals surface area (Å²) >= 11 is 0. The summed E-state index contributed by atoms with van der Waals surface area (Å²) in [6.07, 6.45) is -3.23. The van der Waals surface area contributed by atoms with Crippen molar-refractivity contribution in [2.75, 3.05) is 5.32 Å². The molecule has 0 fully saturated rings. The van der Waals surface area contributed by atoms with E-state index in [-0.39, 0.29) is 17.2 Å². The number of nitrogens with zero attached hydrogens (tertiary/aromatic N) is 4. The lowest BCUT2D eigenvalue weighted by Gasteiger charge is -2.12. The van der Waals surface area contributed by atoms with Gasteiger partial charge in [0.15, 0.2) is 0 Å². The van der Waals surface area contributed by atoms with E-state index in [4.69, 9.17) is 0 Å². The number of aryl methyl sites for hydroxylation is 2. The van der Waals surface area contributed by atoms with E-state index in [0.29, 0.717) is 22.3 Å². The predicted molar refractivity (Wildman–Crippen MR) is 100 cm³/mol. The zero-order valence-electron chi connectivity index (χ0n) is 15.4. The maximum atomic E-state index is 13.4. The Labute approximate surface area is 162 Å². The largest absolute Gasteiger partial charge is 0.417 e. The maximum Gasteiger partial charge on any atom is 0.417 e. The molecule has 0 aliphatic heterocycles. The van der Waals surface area contributed by atoms with Crippen LogP contribution in [0.5, 0.6) is 0 Å². The monoisotopic (exact) mass is 400 g/mol. The van der Waals surface area contributed by atoms with Crippen molar-refractivity contribution in [1.82, 2.24) is 24.7 Å². The summed E-state index contributed by atoms with van der Waals surface area (Å²) < 4.78 is 41.5. The molecule has 4 aromatic rings. The highest BCUT2D eigenvalue weighted by Crippen LogP contribution is 2.38. The van der Waals surface area contributed by atoms with Gasteiger partial charge in [0.05, 0.1) is 5.56 Å². The molecule has 0 aliphatic carbocycles. The topological polar surface area (TPSA) is 88.5 Å². The summed E-state index contributed by atoms with van der Waals surface area (Å²) in [7, 11) is 1.58. The number of rotatable bonds is 3. The molecule has 10 heteroatoms. The molecule has 148 valence electrons. The number of benzene rings is 1. The van der Waals surface area contributed by atoms with E-state index in [2.05, 4.69) is 25.4 Å². The van der Waals surface area contributed by atoms with Crippen LogP contribution in [0, 0.1) is 6.92 Å². The number of halogens is 3. The molecule has 0 spiro atoms. The van der Waals surface area contributed by atoms with E-state index in [0.717, 1.165) is 6.07 Å². The van der Waals surface area contributed by atoms with Crippen LogP contribution in [0.2, 0.25) is 0 Å². The summed E-state index contributed by atoms with van der Waals surface area (Å²) in [5, 5.41) is 7.04. The van der Waals surface area contributed by atoms with Crippen LogP contribution in [-0.4, -0.2) is 30.6 Å². The minimum Gasteiger partial charge on any atom is -0.339 e. The van der Waals surface area contributed by atoms with Crippen molar-refractivity contribution >= 4 is 22.8 Å². The molecule has 0 atom stereocenters. The number of H-pyrrole nitrogens is 1. The molecule has 0 saturated carbocycles. The first kappa shape index (κ1) is 18.7. The minimum atomic E-state index is -4.48. The Morgan fingerprint density at radius 2 is 1.97 bits per heavy atom. The van der Waals surface area contributed by atoms with Gasteiger partial charge in [-0.1, -0.05) is 11.6 Å². The number of aromatic nitrogens is 5. The summed E-state index contributed by atoms with van der Waals surface area (Å²) in [4.78, 5) is 23.3. The normalized spacial score (nSPS) is 11.8. The number of carbonyl (C=O) groups is 1. The molecule has 0 radical (unpaired) electrons. The third-order valence-electron chi connectivity index (χ3n) is 4.41. The second kappa shape index (κ2) is 6.73. The fraction of sp³-hybridized carbons (Fsp3) is 0.158. The lowest BCUT2D eigenvalue weighted by molar-refractivity contribution is -0.137. The van der Waals surface area contributed by atoms with Gasteiger partial charge in [-0.25, -0.2) is 14.6 Å². The average molecular weight is 400 g/mol. The van der Waals surface area contributed by atoms with E-state index >= 15 is 0 Å². The summed E-state index contributed by atoms with van der Waals surface area (Å²) in [5.74, 6) is -0.158. The van der Waals surface area contributed by atoms with Crippen molar-refractivity contribution in [3.05, 3.63) is 59.7 Å². The van der Waals surface area contributed by atoms with Crippen LogP contribution in [0.25, 0.3) is 22.3 Å². The van der Waals surface area contributed by atoms with E-state index in [1.165, 1.54) is 23.1 Å². The number of carbonyl (C=O) groups excluding carboxylic acids is 1. The first-order valence-electron chi connectivity index (χ1n) is 8.56. The zero-order chi connectivity index (χ0) is 20.8. The van der Waals surface area contributed by atoms with Gasteiger partial charge in [-0.3, -0.25) is 4.79 Å². The van der Waals surface area contributed by atoms with Crippen LogP contribution in [0.3, 0.4) is 0 Å². The Morgan fingerprint density at radius 1 is 1.17 bits per heavy atom. The van der Waals surface area contributed by atoms with E-state index in [1.807, 2.05) is 0 Å². The quantitative estimate of drug-likeness (QED) is 0.545. The average Bonchev–Trinajstić information content (AvgIpc) is 3.26. The third-order valence-corrected chi connectivity index (χ3v) is 4.41. The van der Waals surface area contributed by atoms with Gasteiger partial charge in [-0.05, 0) is 37.3 Å². The molecule has 3 heterocycles. The van der Waals surface area contributed by atoms with Gasteiger partial charge < -0.3 is 10.3 Å². The molecule has 0 unspecified atom stereocenters. The lowest BCUT2D eigenvalue weighted by Crippen LogP contribution is -2.18. The Bertz CT molecular complexity index is 1220. The smallest absolute Gasteiger partial charge is 0.339 e. The van der Waals surface area contributed by atoms with Gasteiger partial charge >= 0.3 is 6.18 Å². The second-order valence-electron chi connectivity index (χ2n) is 6.53. The molecular weight excluding hydrogens is 385 g/mol. The fourth-order valence-electron chi connectivity index (χ4n) is 3.02. The molecule has 0 aliphatic rings. The van der Waals surface area contributed by atoms with Crippen LogP contribution in [-0.2, 0) is 13.2 Å². The summed E-state index contributed by atoms with van der Waals surface area (Å²) in [5.41, 5.74) is 0.660. The fourth-order valence-corrected chi connectivity index (χ4v) is 3.02. The third kappa shape index (κ3) is 3.56. The number of aromatic amines is 1. The molecule has 4 rings (SSSR count).